The van der Waals surface area contributed by atoms with Crippen molar-refractivity contribution in [2.75, 3.05) is 0 Å². The third kappa shape index (κ3) is 1.19. The molecule has 1 fully saturated rings. The molecule has 3 nitrogen and oxygen atoms in total. The molecule has 1 rings (SSSR count). The van der Waals surface area contributed by atoms with Gasteiger partial charge in [0.05, 0.1) is 0 Å². The quantitative estimate of drug-likeness (QED) is 0.562. The highest BCUT2D eigenvalue weighted by Crippen LogP contribution is 2.31. The van der Waals surface area contributed by atoms with Gasteiger partial charge in [-0.1, -0.05) is 20.3 Å². The minimum absolute atomic E-state index is 0.0579. The normalized spacial score (nSPS) is 44.9. The molecule has 0 aromatic heterocycles. The van der Waals surface area contributed by atoms with Crippen LogP contribution >= 0.6 is 0 Å². The topological polar surface area (TPSA) is 57.5 Å². The van der Waals surface area contributed by atoms with E-state index in [9.17, 15) is 15.0 Å². The van der Waals surface area contributed by atoms with Gasteiger partial charge in [-0.05, 0) is 11.8 Å². The Morgan fingerprint density at radius 3 is 2.09 bits per heavy atom. The van der Waals surface area contributed by atoms with Crippen molar-refractivity contribution in [3.05, 3.63) is 0 Å². The van der Waals surface area contributed by atoms with Gasteiger partial charge in [0.15, 0.2) is 5.78 Å². The highest BCUT2D eigenvalue weighted by molar-refractivity contribution is 5.89. The van der Waals surface area contributed by atoms with Gasteiger partial charge in [0.2, 0.25) is 0 Å². The lowest BCUT2D eigenvalue weighted by Gasteiger charge is -2.15. The zero-order valence-corrected chi connectivity index (χ0v) is 6.82. The first-order valence-electron chi connectivity index (χ1n) is 3.99. The van der Waals surface area contributed by atoms with Crippen molar-refractivity contribution >= 4 is 5.78 Å². The summed E-state index contributed by atoms with van der Waals surface area (Å²) in [5.74, 6) is -0.565. The molecule has 2 N–H and O–H groups in total. The minimum Gasteiger partial charge on any atom is -0.385 e. The van der Waals surface area contributed by atoms with Gasteiger partial charge in [0, 0.05) is 0 Å². The largest absolute Gasteiger partial charge is 0.385 e. The van der Waals surface area contributed by atoms with E-state index < -0.39 is 18.0 Å². The summed E-state index contributed by atoms with van der Waals surface area (Å²) in [6.07, 6.45) is -1.15. The first-order valence-corrected chi connectivity index (χ1v) is 3.99. The summed E-state index contributed by atoms with van der Waals surface area (Å²) >= 11 is 0. The average Bonchev–Trinajstić information content (AvgIpc) is 2.17. The van der Waals surface area contributed by atoms with Crippen molar-refractivity contribution in [1.29, 1.82) is 0 Å². The van der Waals surface area contributed by atoms with Crippen molar-refractivity contribution in [2.45, 2.75) is 32.5 Å². The Morgan fingerprint density at radius 1 is 1.36 bits per heavy atom. The molecule has 1 saturated carbocycles. The lowest BCUT2D eigenvalue weighted by atomic mass is 9.93. The lowest BCUT2D eigenvalue weighted by molar-refractivity contribution is -0.131. The smallest absolute Gasteiger partial charge is 0.190 e. The van der Waals surface area contributed by atoms with Crippen LogP contribution in [0.2, 0.25) is 0 Å². The number of aliphatic hydroxyl groups excluding tert-OH is 2. The van der Waals surface area contributed by atoms with Gasteiger partial charge in [0.1, 0.15) is 12.2 Å². The van der Waals surface area contributed by atoms with Gasteiger partial charge in [-0.25, -0.2) is 0 Å². The molecule has 0 aromatic carbocycles. The molecule has 3 heteroatoms. The Morgan fingerprint density at radius 2 is 1.91 bits per heavy atom. The Labute approximate surface area is 66.0 Å². The summed E-state index contributed by atoms with van der Waals surface area (Å²) in [6.45, 7) is 3.71. The molecule has 0 aliphatic heterocycles. The molecule has 4 unspecified atom stereocenters. The molecule has 0 spiro atoms. The third-order valence-corrected chi connectivity index (χ3v) is 2.63. The van der Waals surface area contributed by atoms with Crippen molar-refractivity contribution in [3.8, 4) is 0 Å². The molecule has 1 aliphatic carbocycles. The minimum atomic E-state index is -0.949. The summed E-state index contributed by atoms with van der Waals surface area (Å²) in [5.41, 5.74) is 0. The standard InChI is InChI=1S/C8H14O3/c1-3-5-4(2)6(9)8(11)7(5)10/h4-7,9-10H,3H2,1-2H3. The van der Waals surface area contributed by atoms with Crippen LogP contribution in [0.5, 0.6) is 0 Å². The van der Waals surface area contributed by atoms with Crippen LogP contribution in [0.1, 0.15) is 20.3 Å². The molecule has 0 bridgehead atoms. The molecule has 0 heterocycles. The first kappa shape index (κ1) is 8.68. The Balaban J connectivity index is 2.77. The predicted molar refractivity (Wildman–Crippen MR) is 40.0 cm³/mol. The number of hydrogen-bond acceptors (Lipinski definition) is 3. The van der Waals surface area contributed by atoms with Crippen LogP contribution in [0, 0.1) is 11.8 Å². The van der Waals surface area contributed by atoms with Crippen LogP contribution in [0.25, 0.3) is 0 Å². The highest BCUT2D eigenvalue weighted by Gasteiger charge is 2.44. The number of rotatable bonds is 1. The molecule has 0 aromatic rings. The number of hydrogen-bond donors (Lipinski definition) is 2. The Hall–Kier alpha value is -0.410. The number of aliphatic hydroxyl groups is 2. The van der Waals surface area contributed by atoms with E-state index in [4.69, 9.17) is 0 Å². The second-order valence-electron chi connectivity index (χ2n) is 3.22. The fraction of sp³-hybridized carbons (Fsp3) is 0.875. The number of carbonyl (C=O) groups excluding carboxylic acids is 1. The van der Waals surface area contributed by atoms with Crippen LogP contribution in [-0.4, -0.2) is 28.2 Å². The molecular weight excluding hydrogens is 144 g/mol. The number of Topliss-reactive ketones (excluding diaryl/α,β-unsaturated/α-hetero) is 1. The van der Waals surface area contributed by atoms with E-state index >= 15 is 0 Å². The van der Waals surface area contributed by atoms with Crippen LogP contribution in [0.4, 0.5) is 0 Å². The summed E-state index contributed by atoms with van der Waals surface area (Å²) in [4.78, 5) is 11.0. The summed E-state index contributed by atoms with van der Waals surface area (Å²) < 4.78 is 0. The van der Waals surface area contributed by atoms with E-state index in [0.717, 1.165) is 6.42 Å². The fourth-order valence-corrected chi connectivity index (χ4v) is 1.76. The van der Waals surface area contributed by atoms with Crippen molar-refractivity contribution in [2.24, 2.45) is 11.8 Å². The monoisotopic (exact) mass is 158 g/mol. The SMILES string of the molecule is CCC1C(O)C(=O)C(O)C1C. The van der Waals surface area contributed by atoms with Gasteiger partial charge in [0.25, 0.3) is 0 Å². The number of carbonyl (C=O) groups is 1. The van der Waals surface area contributed by atoms with E-state index in [1.165, 1.54) is 0 Å². The molecule has 11 heavy (non-hydrogen) atoms. The predicted octanol–water partition coefficient (Wildman–Crippen LogP) is -0.0468. The van der Waals surface area contributed by atoms with E-state index in [1.54, 1.807) is 6.92 Å². The highest BCUT2D eigenvalue weighted by atomic mass is 16.3. The molecule has 0 radical (unpaired) electrons. The third-order valence-electron chi connectivity index (χ3n) is 2.63. The van der Waals surface area contributed by atoms with E-state index in [2.05, 4.69) is 0 Å². The zero-order valence-electron chi connectivity index (χ0n) is 6.82. The van der Waals surface area contributed by atoms with E-state index in [0.29, 0.717) is 0 Å². The van der Waals surface area contributed by atoms with Gasteiger partial charge in [-0.15, -0.1) is 0 Å². The number of ketones is 1. The van der Waals surface area contributed by atoms with Crippen molar-refractivity contribution in [3.63, 3.8) is 0 Å². The van der Waals surface area contributed by atoms with E-state index in [1.807, 2.05) is 6.92 Å². The molecule has 64 valence electrons. The second kappa shape index (κ2) is 2.91. The van der Waals surface area contributed by atoms with Crippen LogP contribution in [0.15, 0.2) is 0 Å². The zero-order chi connectivity index (χ0) is 8.59. The lowest BCUT2D eigenvalue weighted by Crippen LogP contribution is -2.24. The maximum absolute atomic E-state index is 11.0. The molecule has 1 aliphatic rings. The van der Waals surface area contributed by atoms with Crippen LogP contribution < -0.4 is 0 Å². The van der Waals surface area contributed by atoms with Crippen LogP contribution in [-0.2, 0) is 4.79 Å². The maximum atomic E-state index is 11.0. The van der Waals surface area contributed by atoms with Crippen LogP contribution in [0.3, 0.4) is 0 Å². The molecular formula is C8H14O3. The van der Waals surface area contributed by atoms with Crippen molar-refractivity contribution < 1.29 is 15.0 Å². The molecule has 0 saturated heterocycles. The maximum Gasteiger partial charge on any atom is 0.190 e. The average molecular weight is 158 g/mol. The summed E-state index contributed by atoms with van der Waals surface area (Å²) in [7, 11) is 0. The summed E-state index contributed by atoms with van der Waals surface area (Å²) in [6, 6.07) is 0. The van der Waals surface area contributed by atoms with Gasteiger partial charge in [-0.3, -0.25) is 4.79 Å². The summed E-state index contributed by atoms with van der Waals surface area (Å²) in [5, 5.41) is 18.5. The van der Waals surface area contributed by atoms with Gasteiger partial charge in [-0.2, -0.15) is 0 Å². The van der Waals surface area contributed by atoms with E-state index in [-0.39, 0.29) is 11.8 Å². The fourth-order valence-electron chi connectivity index (χ4n) is 1.76. The first-order chi connectivity index (χ1) is 5.09. The Bertz CT molecular complexity index is 167. The van der Waals surface area contributed by atoms with Gasteiger partial charge >= 0.3 is 0 Å². The van der Waals surface area contributed by atoms with Crippen molar-refractivity contribution in [1.82, 2.24) is 0 Å². The molecule has 4 atom stereocenters. The molecule has 0 amide bonds. The van der Waals surface area contributed by atoms with Gasteiger partial charge < -0.3 is 10.2 Å². The second-order valence-corrected chi connectivity index (χ2v) is 3.22. The Kier molecular flexibility index (Phi) is 2.30.